The topological polar surface area (TPSA) is 76.4 Å². The first-order valence-corrected chi connectivity index (χ1v) is 5.99. The Bertz CT molecular complexity index is 515. The average Bonchev–Trinajstić information content (AvgIpc) is 2.72. The summed E-state index contributed by atoms with van der Waals surface area (Å²) in [5.41, 5.74) is 12.4. The maximum Gasteiger partial charge on any atom is 0.319 e. The van der Waals surface area contributed by atoms with Gasteiger partial charge in [0.25, 0.3) is 0 Å². The van der Waals surface area contributed by atoms with E-state index in [4.69, 9.17) is 22.1 Å². The van der Waals surface area contributed by atoms with E-state index in [0.29, 0.717) is 10.8 Å². The van der Waals surface area contributed by atoms with E-state index in [0.717, 1.165) is 5.56 Å². The lowest BCUT2D eigenvalue weighted by Gasteiger charge is -2.23. The molecule has 2 aliphatic rings. The second kappa shape index (κ2) is 4.37. The van der Waals surface area contributed by atoms with Gasteiger partial charge >= 0.3 is 5.97 Å². The molecule has 3 rings (SSSR count). The highest BCUT2D eigenvalue weighted by molar-refractivity contribution is 6.30. The summed E-state index contributed by atoms with van der Waals surface area (Å²) in [4.78, 5) is 11.9. The summed E-state index contributed by atoms with van der Waals surface area (Å²) >= 11 is 5.82. The van der Waals surface area contributed by atoms with E-state index >= 15 is 0 Å². The minimum Gasteiger partial charge on any atom is -0.426 e. The predicted molar refractivity (Wildman–Crippen MR) is 67.0 cm³/mol. The lowest BCUT2D eigenvalue weighted by molar-refractivity contribution is -0.142. The fraction of sp³-hybridized carbons (Fsp3) is 0.250. The molecule has 1 saturated heterocycles. The molecule has 2 aliphatic heterocycles. The van der Waals surface area contributed by atoms with Crippen LogP contribution in [-0.4, -0.2) is 18.2 Å². The van der Waals surface area contributed by atoms with Crippen molar-refractivity contribution < 1.29 is 9.53 Å². The lowest BCUT2D eigenvalue weighted by Crippen LogP contribution is -2.43. The molecule has 3 atom stereocenters. The normalized spacial score (nSPS) is 30.7. The number of carbonyl (C=O) groups is 1. The largest absolute Gasteiger partial charge is 0.426 e. The smallest absolute Gasteiger partial charge is 0.319 e. The van der Waals surface area contributed by atoms with E-state index < -0.39 is 6.17 Å². The van der Waals surface area contributed by atoms with Gasteiger partial charge in [0.2, 0.25) is 0 Å². The van der Waals surface area contributed by atoms with Crippen LogP contribution in [0.4, 0.5) is 0 Å². The van der Waals surface area contributed by atoms with Crippen molar-refractivity contribution in [2.45, 2.75) is 12.2 Å². The van der Waals surface area contributed by atoms with Crippen molar-refractivity contribution in [3.8, 4) is 0 Å². The number of nitrogens with one attached hydrogen (secondary N) is 2. The fourth-order valence-corrected chi connectivity index (χ4v) is 2.30. The molecule has 0 saturated carbocycles. The number of hydrazine groups is 1. The number of ether oxygens (including phenoxy) is 1. The Morgan fingerprint density at radius 3 is 2.67 bits per heavy atom. The molecule has 6 heteroatoms. The maximum atomic E-state index is 11.9. The number of halogens is 1. The van der Waals surface area contributed by atoms with Gasteiger partial charge in [0, 0.05) is 10.6 Å². The minimum atomic E-state index is -0.425. The number of esters is 1. The Morgan fingerprint density at radius 2 is 1.94 bits per heavy atom. The minimum absolute atomic E-state index is 0.146. The maximum absolute atomic E-state index is 11.9. The van der Waals surface area contributed by atoms with Gasteiger partial charge in [0.05, 0.1) is 12.2 Å². The first kappa shape index (κ1) is 11.7. The van der Waals surface area contributed by atoms with Gasteiger partial charge in [-0.15, -0.1) is 0 Å². The summed E-state index contributed by atoms with van der Waals surface area (Å²) in [6.45, 7) is 0. The Labute approximate surface area is 109 Å². The molecule has 5 nitrogen and oxygen atoms in total. The van der Waals surface area contributed by atoms with E-state index in [1.807, 2.05) is 18.2 Å². The molecule has 1 fully saturated rings. The van der Waals surface area contributed by atoms with Crippen LogP contribution in [0, 0.1) is 5.92 Å². The third kappa shape index (κ3) is 1.91. The zero-order valence-electron chi connectivity index (χ0n) is 9.39. The van der Waals surface area contributed by atoms with Crippen molar-refractivity contribution in [3.05, 3.63) is 40.9 Å². The van der Waals surface area contributed by atoms with Crippen molar-refractivity contribution in [2.75, 3.05) is 0 Å². The standard InChI is InChI=1S/C12H12ClN3O2/c13-7-3-1-6(2-4-7)9-5-8-10(12(17)18-9)11(14)16-15-8/h1-5,8,10-11,15-16H,14H2. The molecule has 2 heterocycles. The number of hydrogen-bond donors (Lipinski definition) is 3. The molecule has 18 heavy (non-hydrogen) atoms. The van der Waals surface area contributed by atoms with Gasteiger partial charge in [0.1, 0.15) is 11.7 Å². The molecular formula is C12H12ClN3O2. The van der Waals surface area contributed by atoms with E-state index in [-0.39, 0.29) is 17.9 Å². The summed E-state index contributed by atoms with van der Waals surface area (Å²) in [5, 5.41) is 0.641. The van der Waals surface area contributed by atoms with E-state index in [1.165, 1.54) is 0 Å². The molecule has 94 valence electrons. The molecule has 1 aromatic carbocycles. The molecule has 0 aromatic heterocycles. The zero-order chi connectivity index (χ0) is 12.7. The van der Waals surface area contributed by atoms with Crippen molar-refractivity contribution in [1.29, 1.82) is 0 Å². The van der Waals surface area contributed by atoms with Gasteiger partial charge in [-0.05, 0) is 30.3 Å². The van der Waals surface area contributed by atoms with Gasteiger partial charge in [-0.1, -0.05) is 11.6 Å². The molecule has 0 aliphatic carbocycles. The second-order valence-electron chi connectivity index (χ2n) is 4.32. The predicted octanol–water partition coefficient (Wildman–Crippen LogP) is 0.615. The summed E-state index contributed by atoms with van der Waals surface area (Å²) in [5.74, 6) is -0.181. The average molecular weight is 266 g/mol. The van der Waals surface area contributed by atoms with E-state index in [9.17, 15) is 4.79 Å². The van der Waals surface area contributed by atoms with Gasteiger partial charge in [-0.25, -0.2) is 10.9 Å². The molecule has 0 amide bonds. The number of cyclic esters (lactones) is 1. The highest BCUT2D eigenvalue weighted by atomic mass is 35.5. The highest BCUT2D eigenvalue weighted by Crippen LogP contribution is 2.29. The molecule has 0 radical (unpaired) electrons. The van der Waals surface area contributed by atoms with Crippen LogP contribution in [0.25, 0.3) is 5.76 Å². The fourth-order valence-electron chi connectivity index (χ4n) is 2.18. The van der Waals surface area contributed by atoms with Crippen molar-refractivity contribution in [3.63, 3.8) is 0 Å². The van der Waals surface area contributed by atoms with Crippen molar-refractivity contribution in [2.24, 2.45) is 11.7 Å². The molecule has 0 bridgehead atoms. The Balaban J connectivity index is 1.93. The first-order valence-electron chi connectivity index (χ1n) is 5.61. The van der Waals surface area contributed by atoms with Crippen LogP contribution >= 0.6 is 11.6 Å². The van der Waals surface area contributed by atoms with Gasteiger partial charge in [-0.2, -0.15) is 0 Å². The molecule has 0 spiro atoms. The number of carbonyl (C=O) groups excluding carboxylic acids is 1. The summed E-state index contributed by atoms with van der Waals surface area (Å²) in [7, 11) is 0. The van der Waals surface area contributed by atoms with Gasteiger partial charge in [-0.3, -0.25) is 4.79 Å². The van der Waals surface area contributed by atoms with Gasteiger partial charge in [0.15, 0.2) is 0 Å². The molecule has 1 aromatic rings. The van der Waals surface area contributed by atoms with Crippen LogP contribution in [0.3, 0.4) is 0 Å². The molecule has 4 N–H and O–H groups in total. The van der Waals surface area contributed by atoms with E-state index in [2.05, 4.69) is 10.9 Å². The first-order chi connectivity index (χ1) is 8.65. The summed E-state index contributed by atoms with van der Waals surface area (Å²) < 4.78 is 5.32. The zero-order valence-corrected chi connectivity index (χ0v) is 10.1. The van der Waals surface area contributed by atoms with Crippen LogP contribution in [0.1, 0.15) is 5.56 Å². The van der Waals surface area contributed by atoms with Crippen molar-refractivity contribution in [1.82, 2.24) is 10.9 Å². The summed E-state index contributed by atoms with van der Waals surface area (Å²) in [6, 6.07) is 6.98. The molecular weight excluding hydrogens is 254 g/mol. The number of rotatable bonds is 1. The van der Waals surface area contributed by atoms with Gasteiger partial charge < -0.3 is 10.5 Å². The third-order valence-electron chi connectivity index (χ3n) is 3.13. The number of benzene rings is 1. The highest BCUT2D eigenvalue weighted by Gasteiger charge is 2.42. The van der Waals surface area contributed by atoms with Crippen LogP contribution < -0.4 is 16.6 Å². The monoisotopic (exact) mass is 265 g/mol. The second-order valence-corrected chi connectivity index (χ2v) is 4.76. The van der Waals surface area contributed by atoms with Crippen LogP contribution in [0.2, 0.25) is 5.02 Å². The number of fused-ring (bicyclic) bond motifs is 1. The molecule has 3 unspecified atom stereocenters. The SMILES string of the molecule is NC1NNC2C=C(c3ccc(Cl)cc3)OC(=O)C12. The lowest BCUT2D eigenvalue weighted by atomic mass is 9.95. The Hall–Kier alpha value is -1.40. The summed E-state index contributed by atoms with van der Waals surface area (Å²) in [6.07, 6.45) is 1.43. The number of hydrogen-bond acceptors (Lipinski definition) is 5. The van der Waals surface area contributed by atoms with Crippen LogP contribution in [0.15, 0.2) is 30.3 Å². The third-order valence-corrected chi connectivity index (χ3v) is 3.38. The van der Waals surface area contributed by atoms with Crippen LogP contribution in [-0.2, 0) is 9.53 Å². The number of nitrogens with two attached hydrogens (primary N) is 1. The van der Waals surface area contributed by atoms with Crippen molar-refractivity contribution >= 4 is 23.3 Å². The Morgan fingerprint density at radius 1 is 1.22 bits per heavy atom. The van der Waals surface area contributed by atoms with Crippen LogP contribution in [0.5, 0.6) is 0 Å². The Kier molecular flexibility index (Phi) is 2.83. The van der Waals surface area contributed by atoms with E-state index in [1.54, 1.807) is 12.1 Å². The quantitative estimate of drug-likeness (QED) is 0.649.